The van der Waals surface area contributed by atoms with Crippen LogP contribution in [0.15, 0.2) is 30.3 Å². The zero-order chi connectivity index (χ0) is 19.6. The molecule has 0 saturated heterocycles. The fourth-order valence-corrected chi connectivity index (χ4v) is 3.10. The van der Waals surface area contributed by atoms with Crippen molar-refractivity contribution in [3.05, 3.63) is 41.5 Å². The summed E-state index contributed by atoms with van der Waals surface area (Å²) in [5.41, 5.74) is 0.924. The Morgan fingerprint density at radius 1 is 1.11 bits per heavy atom. The van der Waals surface area contributed by atoms with Gasteiger partial charge >= 0.3 is 5.97 Å². The molecule has 0 unspecified atom stereocenters. The second-order valence-corrected chi connectivity index (χ2v) is 6.56. The van der Waals surface area contributed by atoms with Crippen molar-refractivity contribution >= 4 is 5.97 Å². The molecule has 0 spiro atoms. The smallest absolute Gasteiger partial charge is 0.306 e. The number of ether oxygens (including phenoxy) is 2. The van der Waals surface area contributed by atoms with Gasteiger partial charge in [-0.25, -0.2) is 0 Å². The molecular formula is C20H22O7. The molecule has 0 aromatic heterocycles. The maximum absolute atomic E-state index is 12.1. The van der Waals surface area contributed by atoms with Gasteiger partial charge in [0.25, 0.3) is 0 Å². The molecule has 144 valence electrons. The zero-order valence-electron chi connectivity index (χ0n) is 14.9. The van der Waals surface area contributed by atoms with E-state index in [-0.39, 0.29) is 47.6 Å². The number of unbranched alkanes of at least 4 members (excludes halogenated alkanes) is 1. The lowest BCUT2D eigenvalue weighted by Gasteiger charge is -2.34. The third-order valence-corrected chi connectivity index (χ3v) is 4.51. The van der Waals surface area contributed by atoms with Gasteiger partial charge < -0.3 is 29.9 Å². The Balaban J connectivity index is 1.95. The second-order valence-electron chi connectivity index (χ2n) is 6.56. The average Bonchev–Trinajstić information content (AvgIpc) is 2.62. The van der Waals surface area contributed by atoms with Crippen LogP contribution in [0.3, 0.4) is 0 Å². The van der Waals surface area contributed by atoms with Gasteiger partial charge in [0, 0.05) is 36.1 Å². The van der Waals surface area contributed by atoms with E-state index >= 15 is 0 Å². The summed E-state index contributed by atoms with van der Waals surface area (Å²) in [6, 6.07) is 6.78. The molecule has 2 aromatic rings. The Morgan fingerprint density at radius 3 is 2.59 bits per heavy atom. The molecule has 7 heteroatoms. The number of esters is 1. The summed E-state index contributed by atoms with van der Waals surface area (Å²) in [6.45, 7) is 1.97. The summed E-state index contributed by atoms with van der Waals surface area (Å²) in [5, 5.41) is 39.2. The number of aromatic hydroxyl groups is 4. The molecule has 0 amide bonds. The normalized spacial score (nSPS) is 18.4. The number of phenolic OH excluding ortho intramolecular Hbond substituents is 4. The number of hydrogen-bond acceptors (Lipinski definition) is 7. The maximum Gasteiger partial charge on any atom is 0.306 e. The Hall–Kier alpha value is -3.09. The van der Waals surface area contributed by atoms with Gasteiger partial charge in [0.05, 0.1) is 0 Å². The van der Waals surface area contributed by atoms with Gasteiger partial charge in [-0.2, -0.15) is 0 Å². The van der Waals surface area contributed by atoms with E-state index in [0.717, 1.165) is 6.42 Å². The van der Waals surface area contributed by atoms with E-state index in [9.17, 15) is 25.2 Å². The number of fused-ring (bicyclic) bond motifs is 1. The first-order valence-corrected chi connectivity index (χ1v) is 8.82. The maximum atomic E-state index is 12.1. The monoisotopic (exact) mass is 374 g/mol. The quantitative estimate of drug-likeness (QED) is 0.469. The summed E-state index contributed by atoms with van der Waals surface area (Å²) < 4.78 is 11.5. The number of phenols is 4. The average molecular weight is 374 g/mol. The van der Waals surface area contributed by atoms with Crippen molar-refractivity contribution in [3.63, 3.8) is 0 Å². The summed E-state index contributed by atoms with van der Waals surface area (Å²) in [4.78, 5) is 12.1. The Bertz CT molecular complexity index is 846. The lowest BCUT2D eigenvalue weighted by atomic mass is 9.93. The summed E-state index contributed by atoms with van der Waals surface area (Å²) in [6.07, 6.45) is 0.513. The predicted octanol–water partition coefficient (Wildman–Crippen LogP) is 3.29. The molecule has 1 heterocycles. The number of carbonyl (C=O) groups excluding carboxylic acids is 1. The van der Waals surface area contributed by atoms with Crippen LogP contribution in [0.4, 0.5) is 0 Å². The van der Waals surface area contributed by atoms with E-state index in [1.165, 1.54) is 24.3 Å². The third kappa shape index (κ3) is 4.02. The molecule has 4 N–H and O–H groups in total. The van der Waals surface area contributed by atoms with E-state index in [0.29, 0.717) is 17.5 Å². The Kier molecular flexibility index (Phi) is 5.30. The lowest BCUT2D eigenvalue weighted by Crippen LogP contribution is -2.34. The summed E-state index contributed by atoms with van der Waals surface area (Å²) in [5.74, 6) is -1.01. The standard InChI is InChI=1S/C20H22O7/c1-2-3-4-19(25)26-18-10-13-15(23)8-12(21)9-17(13)27-20(18)11-5-6-14(22)16(24)7-11/h5-9,18,20-24H,2-4,10H2,1H3/t18-,20+/m0/s1. The van der Waals surface area contributed by atoms with Gasteiger partial charge in [-0.1, -0.05) is 19.4 Å². The molecule has 0 aliphatic carbocycles. The molecule has 0 radical (unpaired) electrons. The number of rotatable bonds is 5. The van der Waals surface area contributed by atoms with Gasteiger partial charge in [0.15, 0.2) is 17.6 Å². The van der Waals surface area contributed by atoms with Gasteiger partial charge in [-0.3, -0.25) is 4.79 Å². The van der Waals surface area contributed by atoms with E-state index in [4.69, 9.17) is 9.47 Å². The van der Waals surface area contributed by atoms with Crippen molar-refractivity contribution in [2.45, 2.75) is 44.8 Å². The summed E-state index contributed by atoms with van der Waals surface area (Å²) >= 11 is 0. The Morgan fingerprint density at radius 2 is 1.89 bits per heavy atom. The molecule has 1 aliphatic rings. The molecule has 2 atom stereocenters. The zero-order valence-corrected chi connectivity index (χ0v) is 14.9. The third-order valence-electron chi connectivity index (χ3n) is 4.51. The number of hydrogen-bond donors (Lipinski definition) is 4. The topological polar surface area (TPSA) is 116 Å². The SMILES string of the molecule is CCCCC(=O)O[C@H]1Cc2c(O)cc(O)cc2O[C@@H]1c1ccc(O)c(O)c1. The summed E-state index contributed by atoms with van der Waals surface area (Å²) in [7, 11) is 0. The van der Waals surface area contributed by atoms with Crippen LogP contribution in [0, 0.1) is 0 Å². The van der Waals surface area contributed by atoms with Crippen LogP contribution in [0.5, 0.6) is 28.7 Å². The molecule has 3 rings (SSSR count). The van der Waals surface area contributed by atoms with Crippen LogP contribution in [-0.4, -0.2) is 32.5 Å². The van der Waals surface area contributed by atoms with Crippen molar-refractivity contribution in [1.29, 1.82) is 0 Å². The van der Waals surface area contributed by atoms with Crippen molar-refractivity contribution in [3.8, 4) is 28.7 Å². The highest BCUT2D eigenvalue weighted by molar-refractivity contribution is 5.69. The first-order chi connectivity index (χ1) is 12.9. The van der Waals surface area contributed by atoms with Crippen LogP contribution in [0.25, 0.3) is 0 Å². The van der Waals surface area contributed by atoms with Crippen molar-refractivity contribution in [2.24, 2.45) is 0 Å². The molecule has 0 bridgehead atoms. The minimum Gasteiger partial charge on any atom is -0.508 e. The number of carbonyl (C=O) groups is 1. The van der Waals surface area contributed by atoms with Gasteiger partial charge in [-0.05, 0) is 18.6 Å². The van der Waals surface area contributed by atoms with Gasteiger partial charge in [0.2, 0.25) is 0 Å². The minimum absolute atomic E-state index is 0.147. The molecular weight excluding hydrogens is 352 g/mol. The molecule has 27 heavy (non-hydrogen) atoms. The highest BCUT2D eigenvalue weighted by Gasteiger charge is 2.36. The molecule has 0 saturated carbocycles. The first-order valence-electron chi connectivity index (χ1n) is 8.82. The van der Waals surface area contributed by atoms with E-state index in [1.54, 1.807) is 6.07 Å². The van der Waals surface area contributed by atoms with E-state index in [1.807, 2.05) is 6.92 Å². The van der Waals surface area contributed by atoms with E-state index in [2.05, 4.69) is 0 Å². The molecule has 0 fully saturated rings. The van der Waals surface area contributed by atoms with Crippen LogP contribution < -0.4 is 4.74 Å². The Labute approximate surface area is 156 Å². The molecule has 1 aliphatic heterocycles. The second kappa shape index (κ2) is 7.65. The van der Waals surface area contributed by atoms with Crippen LogP contribution in [0.2, 0.25) is 0 Å². The van der Waals surface area contributed by atoms with Crippen LogP contribution in [-0.2, 0) is 16.0 Å². The minimum atomic E-state index is -0.768. The highest BCUT2D eigenvalue weighted by atomic mass is 16.6. The largest absolute Gasteiger partial charge is 0.508 e. The van der Waals surface area contributed by atoms with Gasteiger partial charge in [-0.15, -0.1) is 0 Å². The fraction of sp³-hybridized carbons (Fsp3) is 0.350. The van der Waals surface area contributed by atoms with Crippen molar-refractivity contribution in [1.82, 2.24) is 0 Å². The first kappa shape index (κ1) is 18.7. The van der Waals surface area contributed by atoms with E-state index < -0.39 is 12.2 Å². The highest BCUT2D eigenvalue weighted by Crippen LogP contribution is 2.43. The van der Waals surface area contributed by atoms with Crippen molar-refractivity contribution in [2.75, 3.05) is 0 Å². The van der Waals surface area contributed by atoms with Crippen molar-refractivity contribution < 1.29 is 34.7 Å². The van der Waals surface area contributed by atoms with Crippen LogP contribution >= 0.6 is 0 Å². The van der Waals surface area contributed by atoms with Crippen LogP contribution in [0.1, 0.15) is 43.4 Å². The molecule has 2 aromatic carbocycles. The molecule has 7 nitrogen and oxygen atoms in total. The fourth-order valence-electron chi connectivity index (χ4n) is 3.10. The predicted molar refractivity (Wildman–Crippen MR) is 96.0 cm³/mol. The lowest BCUT2D eigenvalue weighted by molar-refractivity contribution is -0.155. The van der Waals surface area contributed by atoms with Gasteiger partial charge in [0.1, 0.15) is 23.4 Å². The number of benzene rings is 2.